The van der Waals surface area contributed by atoms with E-state index in [1.54, 1.807) is 24.8 Å². The molecule has 5 nitrogen and oxygen atoms in total. The van der Waals surface area contributed by atoms with Crippen molar-refractivity contribution in [1.29, 1.82) is 0 Å². The summed E-state index contributed by atoms with van der Waals surface area (Å²) < 4.78 is 0. The molecule has 3 rings (SSSR count). The van der Waals surface area contributed by atoms with Crippen molar-refractivity contribution in [3.05, 3.63) is 83.9 Å². The van der Waals surface area contributed by atoms with E-state index in [1.807, 2.05) is 48.7 Å². The van der Waals surface area contributed by atoms with Gasteiger partial charge in [0.1, 0.15) is 0 Å². The van der Waals surface area contributed by atoms with E-state index in [-0.39, 0.29) is 11.9 Å². The minimum absolute atomic E-state index is 0.222. The molecule has 2 aromatic heterocycles. The third kappa shape index (κ3) is 3.78. The van der Waals surface area contributed by atoms with Crippen LogP contribution in [0.15, 0.2) is 72.4 Å². The van der Waals surface area contributed by atoms with Gasteiger partial charge in [-0.25, -0.2) is 9.97 Å². The maximum atomic E-state index is 12.6. The first-order valence-corrected chi connectivity index (χ1v) is 8.62. The van der Waals surface area contributed by atoms with E-state index in [9.17, 15) is 4.79 Å². The number of carbonyl (C=O) groups excluding carboxylic acids is 1. The van der Waals surface area contributed by atoms with Crippen molar-refractivity contribution in [2.24, 2.45) is 0 Å². The zero-order valence-corrected chi connectivity index (χ0v) is 13.9. The molecule has 0 aliphatic heterocycles. The molecule has 0 bridgehead atoms. The van der Waals surface area contributed by atoms with Gasteiger partial charge in [0.15, 0.2) is 5.16 Å². The lowest BCUT2D eigenvalue weighted by molar-refractivity contribution is 0.0942. The normalized spacial score (nSPS) is 11.7. The van der Waals surface area contributed by atoms with E-state index in [2.05, 4.69) is 20.3 Å². The van der Waals surface area contributed by atoms with Gasteiger partial charge in [0, 0.05) is 24.8 Å². The molecule has 0 aliphatic carbocycles. The fourth-order valence-electron chi connectivity index (χ4n) is 2.30. The van der Waals surface area contributed by atoms with Crippen molar-refractivity contribution in [1.82, 2.24) is 20.3 Å². The Morgan fingerprint density at radius 1 is 1.00 bits per heavy atom. The van der Waals surface area contributed by atoms with E-state index >= 15 is 0 Å². The predicted octanol–water partition coefficient (Wildman–Crippen LogP) is 3.11. The van der Waals surface area contributed by atoms with E-state index in [1.165, 1.54) is 11.8 Å². The number of nitrogens with one attached hydrogen (secondary N) is 1. The maximum Gasteiger partial charge on any atom is 0.255 e. The Balaban J connectivity index is 1.87. The molecule has 3 aromatic rings. The molecular weight excluding hydrogens is 320 g/mol. The van der Waals surface area contributed by atoms with Crippen LogP contribution in [-0.2, 0) is 0 Å². The molecule has 0 spiro atoms. The SMILES string of the molecule is CSc1ncc(C(=O)N[C@@H](c2ccccc2)c2cccnc2)cn1. The molecule has 6 heteroatoms. The molecule has 2 heterocycles. The number of hydrogen-bond acceptors (Lipinski definition) is 5. The smallest absolute Gasteiger partial charge is 0.255 e. The molecule has 0 fully saturated rings. The summed E-state index contributed by atoms with van der Waals surface area (Å²) in [6, 6.07) is 13.3. The fourth-order valence-corrected chi connectivity index (χ4v) is 2.62. The Morgan fingerprint density at radius 2 is 1.71 bits per heavy atom. The van der Waals surface area contributed by atoms with E-state index in [0.29, 0.717) is 10.7 Å². The lowest BCUT2D eigenvalue weighted by Crippen LogP contribution is -2.29. The molecular formula is C18H16N4OS. The van der Waals surface area contributed by atoms with Gasteiger partial charge < -0.3 is 5.32 Å². The topological polar surface area (TPSA) is 67.8 Å². The summed E-state index contributed by atoms with van der Waals surface area (Å²) in [7, 11) is 0. The maximum absolute atomic E-state index is 12.6. The number of hydrogen-bond donors (Lipinski definition) is 1. The number of benzene rings is 1. The molecule has 120 valence electrons. The van der Waals surface area contributed by atoms with Gasteiger partial charge in [-0.3, -0.25) is 9.78 Å². The number of pyridine rings is 1. The van der Waals surface area contributed by atoms with Crippen LogP contribution in [0.4, 0.5) is 0 Å². The minimum atomic E-state index is -0.285. The van der Waals surface area contributed by atoms with Crippen LogP contribution in [0.1, 0.15) is 27.5 Å². The largest absolute Gasteiger partial charge is 0.341 e. The average molecular weight is 336 g/mol. The number of amides is 1. The van der Waals surface area contributed by atoms with Crippen LogP contribution in [0.3, 0.4) is 0 Å². The number of thioether (sulfide) groups is 1. The molecule has 0 aliphatic rings. The van der Waals surface area contributed by atoms with E-state index in [4.69, 9.17) is 0 Å². The van der Waals surface area contributed by atoms with Crippen LogP contribution in [0.25, 0.3) is 0 Å². The standard InChI is InChI=1S/C18H16N4OS/c1-24-18-20-11-15(12-21-18)17(23)22-16(13-6-3-2-4-7-13)14-8-5-9-19-10-14/h2-12,16H,1H3,(H,22,23)/t16-/m0/s1. The van der Waals surface area contributed by atoms with Crippen molar-refractivity contribution in [3.8, 4) is 0 Å². The van der Waals surface area contributed by atoms with Gasteiger partial charge >= 0.3 is 0 Å². The van der Waals surface area contributed by atoms with Gasteiger partial charge in [-0.1, -0.05) is 48.2 Å². The Hall–Kier alpha value is -2.73. The predicted molar refractivity (Wildman–Crippen MR) is 93.8 cm³/mol. The summed E-state index contributed by atoms with van der Waals surface area (Å²) in [6.07, 6.45) is 8.44. The summed E-state index contributed by atoms with van der Waals surface area (Å²) in [5.74, 6) is -0.222. The second kappa shape index (κ2) is 7.70. The first-order chi connectivity index (χ1) is 11.8. The van der Waals surface area contributed by atoms with Gasteiger partial charge in [0.25, 0.3) is 5.91 Å². The van der Waals surface area contributed by atoms with E-state index in [0.717, 1.165) is 11.1 Å². The lowest BCUT2D eigenvalue weighted by Gasteiger charge is -2.19. The molecule has 1 amide bonds. The van der Waals surface area contributed by atoms with Crippen molar-refractivity contribution in [2.75, 3.05) is 6.26 Å². The number of carbonyl (C=O) groups is 1. The van der Waals surface area contributed by atoms with Gasteiger partial charge in [0.2, 0.25) is 0 Å². The summed E-state index contributed by atoms with van der Waals surface area (Å²) >= 11 is 1.43. The summed E-state index contributed by atoms with van der Waals surface area (Å²) in [5, 5.41) is 3.68. The van der Waals surface area contributed by atoms with Gasteiger partial charge in [-0.05, 0) is 23.4 Å². The van der Waals surface area contributed by atoms with Crippen LogP contribution in [0.2, 0.25) is 0 Å². The summed E-state index contributed by atoms with van der Waals surface area (Å²) in [5.41, 5.74) is 2.33. The Kier molecular flexibility index (Phi) is 5.18. The summed E-state index contributed by atoms with van der Waals surface area (Å²) in [4.78, 5) is 25.0. The second-order valence-corrected chi connectivity index (χ2v) is 5.84. The quantitative estimate of drug-likeness (QED) is 0.573. The third-order valence-corrected chi connectivity index (χ3v) is 4.07. The zero-order valence-electron chi connectivity index (χ0n) is 13.1. The first kappa shape index (κ1) is 16.1. The molecule has 1 atom stereocenters. The van der Waals surface area contributed by atoms with Gasteiger partial charge in [0.05, 0.1) is 11.6 Å². The van der Waals surface area contributed by atoms with Crippen molar-refractivity contribution < 1.29 is 4.79 Å². The Bertz CT molecular complexity index is 755. The Labute approximate surface area is 144 Å². The number of rotatable bonds is 5. The highest BCUT2D eigenvalue weighted by atomic mass is 32.2. The molecule has 0 saturated carbocycles. The minimum Gasteiger partial charge on any atom is -0.341 e. The highest BCUT2D eigenvalue weighted by Crippen LogP contribution is 2.21. The van der Waals surface area contributed by atoms with Crippen LogP contribution >= 0.6 is 11.8 Å². The molecule has 24 heavy (non-hydrogen) atoms. The van der Waals surface area contributed by atoms with Crippen LogP contribution in [0, 0.1) is 0 Å². The molecule has 1 N–H and O–H groups in total. The monoisotopic (exact) mass is 336 g/mol. The molecule has 1 aromatic carbocycles. The highest BCUT2D eigenvalue weighted by molar-refractivity contribution is 7.98. The average Bonchev–Trinajstić information content (AvgIpc) is 2.67. The Morgan fingerprint density at radius 3 is 2.33 bits per heavy atom. The fraction of sp³-hybridized carbons (Fsp3) is 0.111. The number of nitrogens with zero attached hydrogens (tertiary/aromatic N) is 3. The van der Waals surface area contributed by atoms with Crippen molar-refractivity contribution >= 4 is 17.7 Å². The second-order valence-electron chi connectivity index (χ2n) is 5.06. The van der Waals surface area contributed by atoms with Crippen LogP contribution in [-0.4, -0.2) is 27.1 Å². The van der Waals surface area contributed by atoms with Crippen molar-refractivity contribution in [2.45, 2.75) is 11.2 Å². The van der Waals surface area contributed by atoms with Gasteiger partial charge in [-0.2, -0.15) is 0 Å². The zero-order chi connectivity index (χ0) is 16.8. The lowest BCUT2D eigenvalue weighted by atomic mass is 10.00. The van der Waals surface area contributed by atoms with Crippen LogP contribution < -0.4 is 5.32 Å². The van der Waals surface area contributed by atoms with E-state index < -0.39 is 0 Å². The number of aromatic nitrogens is 3. The van der Waals surface area contributed by atoms with Gasteiger partial charge in [-0.15, -0.1) is 0 Å². The van der Waals surface area contributed by atoms with Crippen LogP contribution in [0.5, 0.6) is 0 Å². The third-order valence-electron chi connectivity index (χ3n) is 3.50. The first-order valence-electron chi connectivity index (χ1n) is 7.39. The molecule has 0 unspecified atom stereocenters. The van der Waals surface area contributed by atoms with Crippen molar-refractivity contribution in [3.63, 3.8) is 0 Å². The molecule has 0 saturated heterocycles. The molecule has 0 radical (unpaired) electrons. The highest BCUT2D eigenvalue weighted by Gasteiger charge is 2.18. The summed E-state index contributed by atoms with van der Waals surface area (Å²) in [6.45, 7) is 0.